The highest BCUT2D eigenvalue weighted by Crippen LogP contribution is 1.96. The van der Waals surface area contributed by atoms with E-state index in [-0.39, 0.29) is 5.92 Å². The minimum atomic E-state index is -1.31. The Morgan fingerprint density at radius 1 is 1.26 bits per heavy atom. The zero-order valence-corrected chi connectivity index (χ0v) is 11.3. The molecule has 19 heavy (non-hydrogen) atoms. The smallest absolute Gasteiger partial charge is 0.326 e. The summed E-state index contributed by atoms with van der Waals surface area (Å²) in [4.78, 5) is 33.3. The van der Waals surface area contributed by atoms with Crippen molar-refractivity contribution in [3.05, 3.63) is 0 Å². The Hall–Kier alpha value is -1.83. The van der Waals surface area contributed by atoms with Gasteiger partial charge in [0.1, 0.15) is 6.04 Å². The number of carboxylic acid groups (broad SMARTS) is 1. The second-order valence-electron chi connectivity index (χ2n) is 4.09. The maximum Gasteiger partial charge on any atom is 0.326 e. The summed E-state index contributed by atoms with van der Waals surface area (Å²) < 4.78 is 9.25. The zero-order chi connectivity index (χ0) is 14.8. The summed E-state index contributed by atoms with van der Waals surface area (Å²) in [6.07, 6.45) is -0.424. The Labute approximate surface area is 111 Å². The van der Waals surface area contributed by atoms with Crippen LogP contribution in [0.1, 0.15) is 13.3 Å². The van der Waals surface area contributed by atoms with Gasteiger partial charge in [0.15, 0.2) is 0 Å². The Kier molecular flexibility index (Phi) is 8.27. The van der Waals surface area contributed by atoms with Gasteiger partial charge in [-0.05, 0) is 5.92 Å². The third-order valence-electron chi connectivity index (χ3n) is 2.26. The lowest BCUT2D eigenvalue weighted by Crippen LogP contribution is -2.48. The molecule has 0 aliphatic heterocycles. The van der Waals surface area contributed by atoms with E-state index in [1.807, 2.05) is 6.92 Å². The van der Waals surface area contributed by atoms with Crippen molar-refractivity contribution in [2.24, 2.45) is 5.92 Å². The largest absolute Gasteiger partial charge is 0.480 e. The second-order valence-corrected chi connectivity index (χ2v) is 4.09. The van der Waals surface area contributed by atoms with Crippen LogP contribution >= 0.6 is 0 Å². The van der Waals surface area contributed by atoms with E-state index in [1.165, 1.54) is 0 Å². The van der Waals surface area contributed by atoms with Crippen molar-refractivity contribution in [2.75, 3.05) is 27.4 Å². The van der Waals surface area contributed by atoms with Crippen LogP contribution in [0.15, 0.2) is 0 Å². The van der Waals surface area contributed by atoms with Crippen molar-refractivity contribution < 1.29 is 29.0 Å². The van der Waals surface area contributed by atoms with E-state index in [1.54, 1.807) is 7.11 Å². The van der Waals surface area contributed by atoms with Crippen molar-refractivity contribution >= 4 is 18.0 Å². The van der Waals surface area contributed by atoms with Gasteiger partial charge in [0.25, 0.3) is 0 Å². The van der Waals surface area contributed by atoms with E-state index >= 15 is 0 Å². The van der Waals surface area contributed by atoms with Gasteiger partial charge in [0, 0.05) is 13.7 Å². The topological polar surface area (TPSA) is 114 Å². The van der Waals surface area contributed by atoms with E-state index < -0.39 is 30.4 Å². The first-order valence-corrected chi connectivity index (χ1v) is 5.73. The monoisotopic (exact) mass is 276 g/mol. The fraction of sp³-hybridized carbons (Fsp3) is 0.727. The standard InChI is InChI=1S/C11H20N2O6/c1-7(6-18-2)5-12-11(17)13-8(10(15)16)4-9(14)19-3/h7-8H,4-6H2,1-3H3,(H,15,16)(H2,12,13,17)/t7?,8-/m0/s1. The molecule has 2 amide bonds. The maximum absolute atomic E-state index is 11.5. The lowest BCUT2D eigenvalue weighted by molar-refractivity contribution is -0.147. The van der Waals surface area contributed by atoms with Crippen LogP contribution in [0.25, 0.3) is 0 Å². The summed E-state index contributed by atoms with van der Waals surface area (Å²) in [6.45, 7) is 2.68. The molecule has 8 heteroatoms. The molecule has 0 aromatic carbocycles. The van der Waals surface area contributed by atoms with E-state index in [4.69, 9.17) is 9.84 Å². The summed E-state index contributed by atoms with van der Waals surface area (Å²) in [7, 11) is 2.70. The molecule has 110 valence electrons. The predicted octanol–water partition coefficient (Wildman–Crippen LogP) is -0.416. The van der Waals surface area contributed by atoms with E-state index in [0.717, 1.165) is 7.11 Å². The van der Waals surface area contributed by atoms with Crippen LogP contribution in [-0.4, -0.2) is 56.5 Å². The molecular weight excluding hydrogens is 256 g/mol. The Balaban J connectivity index is 4.17. The van der Waals surface area contributed by atoms with Crippen LogP contribution in [0.2, 0.25) is 0 Å². The van der Waals surface area contributed by atoms with Gasteiger partial charge in [0.05, 0.1) is 20.1 Å². The number of nitrogens with one attached hydrogen (secondary N) is 2. The van der Waals surface area contributed by atoms with Crippen molar-refractivity contribution in [3.63, 3.8) is 0 Å². The molecule has 0 saturated carbocycles. The van der Waals surface area contributed by atoms with Crippen molar-refractivity contribution in [2.45, 2.75) is 19.4 Å². The molecule has 2 atom stereocenters. The first-order chi connectivity index (χ1) is 8.90. The number of esters is 1. The second kappa shape index (κ2) is 9.15. The molecule has 1 unspecified atom stereocenters. The molecule has 0 fully saturated rings. The number of carbonyl (C=O) groups excluding carboxylic acids is 2. The Bertz CT molecular complexity index is 320. The molecule has 0 radical (unpaired) electrons. The average molecular weight is 276 g/mol. The fourth-order valence-electron chi connectivity index (χ4n) is 1.27. The fourth-order valence-corrected chi connectivity index (χ4v) is 1.27. The highest BCUT2D eigenvalue weighted by molar-refractivity contribution is 5.86. The van der Waals surface area contributed by atoms with Crippen LogP contribution in [-0.2, 0) is 19.1 Å². The molecule has 0 aromatic heterocycles. The molecule has 0 bridgehead atoms. The maximum atomic E-state index is 11.5. The predicted molar refractivity (Wildman–Crippen MR) is 65.6 cm³/mol. The van der Waals surface area contributed by atoms with Gasteiger partial charge in [-0.1, -0.05) is 6.92 Å². The summed E-state index contributed by atoms with van der Waals surface area (Å²) in [5.74, 6) is -1.91. The lowest BCUT2D eigenvalue weighted by atomic mass is 10.2. The van der Waals surface area contributed by atoms with Crippen molar-refractivity contribution in [3.8, 4) is 0 Å². The molecule has 8 nitrogen and oxygen atoms in total. The molecule has 0 aromatic rings. The highest BCUT2D eigenvalue weighted by atomic mass is 16.5. The lowest BCUT2D eigenvalue weighted by Gasteiger charge is -2.16. The summed E-state index contributed by atoms with van der Waals surface area (Å²) in [6, 6.07) is -1.97. The number of hydrogen-bond acceptors (Lipinski definition) is 5. The molecule has 0 aliphatic carbocycles. The molecule has 0 spiro atoms. The first kappa shape index (κ1) is 17.2. The first-order valence-electron chi connectivity index (χ1n) is 5.73. The quantitative estimate of drug-likeness (QED) is 0.519. The summed E-state index contributed by atoms with van der Waals surface area (Å²) in [5.41, 5.74) is 0. The number of amides is 2. The van der Waals surface area contributed by atoms with E-state index in [2.05, 4.69) is 15.4 Å². The van der Waals surface area contributed by atoms with Gasteiger partial charge in [0.2, 0.25) is 0 Å². The Morgan fingerprint density at radius 2 is 1.89 bits per heavy atom. The summed E-state index contributed by atoms with van der Waals surface area (Å²) >= 11 is 0. The minimum absolute atomic E-state index is 0.0969. The van der Waals surface area contributed by atoms with E-state index in [0.29, 0.717) is 13.2 Å². The molecule has 0 saturated heterocycles. The Morgan fingerprint density at radius 3 is 2.37 bits per heavy atom. The number of carbonyl (C=O) groups is 3. The number of rotatable bonds is 8. The van der Waals surface area contributed by atoms with Crippen LogP contribution in [0, 0.1) is 5.92 Å². The molecule has 0 heterocycles. The average Bonchev–Trinajstić information content (AvgIpc) is 2.35. The number of hydrogen-bond donors (Lipinski definition) is 3. The van der Waals surface area contributed by atoms with Crippen molar-refractivity contribution in [1.82, 2.24) is 10.6 Å². The van der Waals surface area contributed by atoms with Gasteiger partial charge in [-0.15, -0.1) is 0 Å². The third-order valence-corrected chi connectivity index (χ3v) is 2.26. The summed E-state index contributed by atoms with van der Waals surface area (Å²) in [5, 5.41) is 13.5. The number of urea groups is 1. The zero-order valence-electron chi connectivity index (χ0n) is 11.3. The minimum Gasteiger partial charge on any atom is -0.480 e. The van der Waals surface area contributed by atoms with Crippen molar-refractivity contribution in [1.29, 1.82) is 0 Å². The third kappa shape index (κ3) is 7.98. The highest BCUT2D eigenvalue weighted by Gasteiger charge is 2.23. The van der Waals surface area contributed by atoms with Crippen LogP contribution in [0.4, 0.5) is 4.79 Å². The van der Waals surface area contributed by atoms with Gasteiger partial charge in [-0.25, -0.2) is 9.59 Å². The van der Waals surface area contributed by atoms with Crippen LogP contribution in [0.5, 0.6) is 0 Å². The number of carboxylic acids is 1. The number of aliphatic carboxylic acids is 1. The molecule has 0 rings (SSSR count). The molecule has 0 aliphatic rings. The van der Waals surface area contributed by atoms with Gasteiger partial charge >= 0.3 is 18.0 Å². The van der Waals surface area contributed by atoms with Crippen LogP contribution < -0.4 is 10.6 Å². The van der Waals surface area contributed by atoms with E-state index in [9.17, 15) is 14.4 Å². The van der Waals surface area contributed by atoms with Gasteiger partial charge in [-0.2, -0.15) is 0 Å². The number of ether oxygens (including phenoxy) is 2. The van der Waals surface area contributed by atoms with Gasteiger partial charge < -0.3 is 25.2 Å². The molecular formula is C11H20N2O6. The van der Waals surface area contributed by atoms with Gasteiger partial charge in [-0.3, -0.25) is 4.79 Å². The van der Waals surface area contributed by atoms with Crippen LogP contribution in [0.3, 0.4) is 0 Å². The number of methoxy groups -OCH3 is 2. The molecule has 3 N–H and O–H groups in total. The normalized spacial score (nSPS) is 13.2. The SMILES string of the molecule is COCC(C)CNC(=O)N[C@@H](CC(=O)OC)C(=O)O.